The molecule has 1 heterocycles. The van der Waals surface area contributed by atoms with Crippen LogP contribution in [0, 0.1) is 5.92 Å². The quantitative estimate of drug-likeness (QED) is 0.165. The number of aromatic hydroxyl groups is 1. The maximum Gasteiger partial charge on any atom is 0.326 e. The summed E-state index contributed by atoms with van der Waals surface area (Å²) >= 11 is 0. The van der Waals surface area contributed by atoms with E-state index in [1.165, 1.54) is 12.1 Å². The summed E-state index contributed by atoms with van der Waals surface area (Å²) in [4.78, 5) is 49.2. The lowest BCUT2D eigenvalue weighted by Gasteiger charge is -2.44. The van der Waals surface area contributed by atoms with E-state index in [0.717, 1.165) is 0 Å². The fourth-order valence-corrected chi connectivity index (χ4v) is 3.88. The first-order chi connectivity index (χ1) is 17.3. The first kappa shape index (κ1) is 30.0. The fraction of sp³-hybridized carbons (Fsp3) is 0.600. The van der Waals surface area contributed by atoms with Crippen LogP contribution in [0.1, 0.15) is 39.7 Å². The van der Waals surface area contributed by atoms with Crippen LogP contribution in [0.2, 0.25) is 0 Å². The van der Waals surface area contributed by atoms with Gasteiger partial charge in [0.15, 0.2) is 0 Å². The Balaban J connectivity index is 1.88. The third-order valence-corrected chi connectivity index (χ3v) is 6.08. The Hall–Kier alpha value is -3.22. The number of carboxylic acid groups (broad SMARTS) is 1. The number of phenols is 1. The van der Waals surface area contributed by atoms with Crippen molar-refractivity contribution < 1.29 is 34.1 Å². The summed E-state index contributed by atoms with van der Waals surface area (Å²) in [7, 11) is 0. The topological polar surface area (TPSA) is 192 Å². The van der Waals surface area contributed by atoms with E-state index in [2.05, 4.69) is 21.3 Å². The molecule has 0 bridgehead atoms. The summed E-state index contributed by atoms with van der Waals surface area (Å²) in [5, 5.41) is 30.0. The molecule has 1 fully saturated rings. The molecule has 0 unspecified atom stereocenters. The highest BCUT2D eigenvalue weighted by molar-refractivity contribution is 5.89. The number of nitrogens with two attached hydrogens (primary N) is 1. The number of phenolic OH excluding ortho intramolecular Hbond substituents is 1. The van der Waals surface area contributed by atoms with E-state index < -0.39 is 53.4 Å². The van der Waals surface area contributed by atoms with E-state index in [0.29, 0.717) is 12.0 Å². The normalized spacial score (nSPS) is 17.6. The number of nitrogens with one attached hydrogen (secondary N) is 4. The molecule has 37 heavy (non-hydrogen) atoms. The Bertz CT molecular complexity index is 949. The van der Waals surface area contributed by atoms with Crippen LogP contribution < -0.4 is 27.0 Å². The maximum atomic E-state index is 12.8. The molecule has 3 amide bonds. The van der Waals surface area contributed by atoms with Crippen molar-refractivity contribution >= 4 is 23.7 Å². The zero-order valence-electron chi connectivity index (χ0n) is 21.7. The molecule has 0 aromatic heterocycles. The highest BCUT2D eigenvalue weighted by Gasteiger charge is 2.41. The van der Waals surface area contributed by atoms with Crippen molar-refractivity contribution in [3.8, 4) is 5.75 Å². The lowest BCUT2D eigenvalue weighted by molar-refractivity contribution is -0.142. The summed E-state index contributed by atoms with van der Waals surface area (Å²) in [6, 6.07) is 2.61. The summed E-state index contributed by atoms with van der Waals surface area (Å²) in [5.41, 5.74) is 5.79. The van der Waals surface area contributed by atoms with Gasteiger partial charge in [0.05, 0.1) is 30.8 Å². The van der Waals surface area contributed by atoms with Crippen molar-refractivity contribution in [1.29, 1.82) is 0 Å². The maximum absolute atomic E-state index is 12.8. The molecule has 206 valence electrons. The van der Waals surface area contributed by atoms with E-state index in [-0.39, 0.29) is 37.8 Å². The van der Waals surface area contributed by atoms with Crippen LogP contribution in [0.25, 0.3) is 0 Å². The van der Waals surface area contributed by atoms with Gasteiger partial charge in [-0.15, -0.1) is 0 Å². The first-order valence-corrected chi connectivity index (χ1v) is 12.3. The second-order valence-electron chi connectivity index (χ2n) is 10.1. The van der Waals surface area contributed by atoms with Crippen LogP contribution in [0.15, 0.2) is 24.3 Å². The van der Waals surface area contributed by atoms with Gasteiger partial charge in [-0.3, -0.25) is 19.7 Å². The summed E-state index contributed by atoms with van der Waals surface area (Å²) < 4.78 is 5.31. The van der Waals surface area contributed by atoms with Crippen molar-refractivity contribution in [2.75, 3.05) is 19.8 Å². The number of carbonyl (C=O) groups excluding carboxylic acids is 3. The Morgan fingerprint density at radius 3 is 2.11 bits per heavy atom. The van der Waals surface area contributed by atoms with Gasteiger partial charge < -0.3 is 36.6 Å². The highest BCUT2D eigenvalue weighted by atomic mass is 16.5. The molecule has 4 atom stereocenters. The number of carboxylic acids is 1. The van der Waals surface area contributed by atoms with Gasteiger partial charge in [0, 0.05) is 13.0 Å². The summed E-state index contributed by atoms with van der Waals surface area (Å²) in [6.07, 6.45) is 0.547. The third-order valence-electron chi connectivity index (χ3n) is 6.08. The summed E-state index contributed by atoms with van der Waals surface area (Å²) in [5.74, 6) is -2.22. The minimum atomic E-state index is -1.19. The largest absolute Gasteiger partial charge is 0.508 e. The van der Waals surface area contributed by atoms with Gasteiger partial charge in [-0.05, 0) is 43.9 Å². The van der Waals surface area contributed by atoms with E-state index in [9.17, 15) is 29.4 Å². The van der Waals surface area contributed by atoms with Gasteiger partial charge in [-0.1, -0.05) is 26.0 Å². The minimum absolute atomic E-state index is 0.0445. The molecular weight excluding hydrogens is 482 g/mol. The molecule has 1 aromatic carbocycles. The van der Waals surface area contributed by atoms with Crippen LogP contribution in [-0.2, 0) is 30.3 Å². The number of rotatable bonds is 14. The molecule has 0 saturated carbocycles. The zero-order valence-corrected chi connectivity index (χ0v) is 21.7. The lowest BCUT2D eigenvalue weighted by Crippen LogP contribution is -2.70. The molecule has 0 radical (unpaired) electrons. The molecule has 12 heteroatoms. The van der Waals surface area contributed by atoms with Crippen molar-refractivity contribution in [3.05, 3.63) is 29.8 Å². The number of amides is 3. The second kappa shape index (κ2) is 13.4. The molecule has 1 aromatic rings. The van der Waals surface area contributed by atoms with Crippen LogP contribution in [0.5, 0.6) is 5.75 Å². The SMILES string of the molecule is CC(C)C[C@H](N)C(=O)N[C@@H](C)C(=O)NCC1(N[C@@H](C)C(=O)N[C@@H](Cc2ccc(O)cc2)C(=O)O)COC1. The van der Waals surface area contributed by atoms with Gasteiger partial charge in [0.1, 0.15) is 17.8 Å². The minimum Gasteiger partial charge on any atom is -0.508 e. The van der Waals surface area contributed by atoms with Crippen molar-refractivity contribution in [1.82, 2.24) is 21.3 Å². The molecule has 1 saturated heterocycles. The molecule has 0 aliphatic carbocycles. The monoisotopic (exact) mass is 521 g/mol. The molecule has 1 aliphatic heterocycles. The summed E-state index contributed by atoms with van der Waals surface area (Å²) in [6.45, 7) is 7.67. The molecule has 0 spiro atoms. The fourth-order valence-electron chi connectivity index (χ4n) is 3.88. The highest BCUT2D eigenvalue weighted by Crippen LogP contribution is 2.17. The average molecular weight is 522 g/mol. The molecule has 12 nitrogen and oxygen atoms in total. The van der Waals surface area contributed by atoms with Crippen LogP contribution in [-0.4, -0.2) is 83.4 Å². The van der Waals surface area contributed by atoms with Crippen molar-refractivity contribution in [2.24, 2.45) is 11.7 Å². The smallest absolute Gasteiger partial charge is 0.326 e. The standard InChI is InChI=1S/C25H39N5O7/c1-14(2)9-19(26)23(34)28-15(3)21(32)27-11-25(12-37-13-25)30-16(4)22(33)29-20(24(35)36)10-17-5-7-18(31)8-6-17/h5-8,14-16,19-20,30-31H,9-13,26H2,1-4H3,(H,27,32)(H,28,34)(H,29,33)(H,35,36)/t15-,16-,19-,20-/m0/s1. The van der Waals surface area contributed by atoms with E-state index in [4.69, 9.17) is 10.5 Å². The number of hydrogen-bond donors (Lipinski definition) is 7. The molecular formula is C25H39N5O7. The van der Waals surface area contributed by atoms with E-state index in [1.807, 2.05) is 13.8 Å². The number of hydrogen-bond acceptors (Lipinski definition) is 8. The first-order valence-electron chi connectivity index (χ1n) is 12.3. The van der Waals surface area contributed by atoms with Gasteiger partial charge in [-0.2, -0.15) is 0 Å². The third kappa shape index (κ3) is 9.30. The van der Waals surface area contributed by atoms with Gasteiger partial charge in [-0.25, -0.2) is 4.79 Å². The van der Waals surface area contributed by atoms with Gasteiger partial charge in [0.25, 0.3) is 0 Å². The van der Waals surface area contributed by atoms with Crippen LogP contribution >= 0.6 is 0 Å². The van der Waals surface area contributed by atoms with Crippen molar-refractivity contribution in [2.45, 2.75) is 70.2 Å². The van der Waals surface area contributed by atoms with Crippen LogP contribution in [0.3, 0.4) is 0 Å². The molecule has 2 rings (SSSR count). The lowest BCUT2D eigenvalue weighted by atomic mass is 9.95. The Morgan fingerprint density at radius 2 is 1.59 bits per heavy atom. The number of aliphatic carboxylic acids is 1. The van der Waals surface area contributed by atoms with Crippen LogP contribution in [0.4, 0.5) is 0 Å². The number of ether oxygens (including phenoxy) is 1. The predicted molar refractivity (Wildman–Crippen MR) is 136 cm³/mol. The Kier molecular flexibility index (Phi) is 10.8. The average Bonchev–Trinajstić information content (AvgIpc) is 2.80. The molecule has 1 aliphatic rings. The van der Waals surface area contributed by atoms with E-state index in [1.54, 1.807) is 26.0 Å². The predicted octanol–water partition coefficient (Wildman–Crippen LogP) is -0.754. The molecule has 8 N–H and O–H groups in total. The van der Waals surface area contributed by atoms with Crippen molar-refractivity contribution in [3.63, 3.8) is 0 Å². The Morgan fingerprint density at radius 1 is 0.973 bits per heavy atom. The zero-order chi connectivity index (χ0) is 27.8. The van der Waals surface area contributed by atoms with Gasteiger partial charge >= 0.3 is 5.97 Å². The number of carbonyl (C=O) groups is 4. The second-order valence-corrected chi connectivity index (χ2v) is 10.1. The van der Waals surface area contributed by atoms with Gasteiger partial charge in [0.2, 0.25) is 17.7 Å². The van der Waals surface area contributed by atoms with E-state index >= 15 is 0 Å². The number of benzene rings is 1. The Labute approximate surface area is 216 Å².